The molecule has 1 N–H and O–H groups in total. The molecule has 0 unspecified atom stereocenters. The average Bonchev–Trinajstić information content (AvgIpc) is 2.30. The fraction of sp³-hybridized carbons (Fsp3) is 0.533. The van der Waals surface area contributed by atoms with Crippen LogP contribution in [-0.2, 0) is 11.3 Å². The molecule has 0 aliphatic rings. The van der Waals surface area contributed by atoms with Crippen LogP contribution in [0.1, 0.15) is 37.8 Å². The Morgan fingerprint density at radius 3 is 2.63 bits per heavy atom. The minimum Gasteiger partial charge on any atom is -0.481 e. The standard InChI is InChI=1S/C15H22ClNO2/c1-11(2)17(8-4-5-15(18)19)10-13-7-6-12(3)9-14(13)16/h6-7,9,11H,4-5,8,10H2,1-3H3,(H,18,19). The van der Waals surface area contributed by atoms with Gasteiger partial charge >= 0.3 is 5.97 Å². The lowest BCUT2D eigenvalue weighted by molar-refractivity contribution is -0.137. The van der Waals surface area contributed by atoms with E-state index >= 15 is 0 Å². The summed E-state index contributed by atoms with van der Waals surface area (Å²) in [6.45, 7) is 7.78. The van der Waals surface area contributed by atoms with Crippen molar-refractivity contribution >= 4 is 17.6 Å². The smallest absolute Gasteiger partial charge is 0.303 e. The number of rotatable bonds is 7. The highest BCUT2D eigenvalue weighted by Crippen LogP contribution is 2.20. The molecule has 0 bridgehead atoms. The second kappa shape index (κ2) is 7.51. The maximum atomic E-state index is 10.6. The van der Waals surface area contributed by atoms with E-state index in [1.165, 1.54) is 0 Å². The predicted molar refractivity (Wildman–Crippen MR) is 78.6 cm³/mol. The fourth-order valence-electron chi connectivity index (χ4n) is 1.95. The molecule has 4 heteroatoms. The van der Waals surface area contributed by atoms with Crippen LogP contribution in [0.3, 0.4) is 0 Å². The van der Waals surface area contributed by atoms with E-state index in [1.807, 2.05) is 19.1 Å². The zero-order valence-corrected chi connectivity index (χ0v) is 12.6. The van der Waals surface area contributed by atoms with Gasteiger partial charge in [0, 0.05) is 24.0 Å². The minimum absolute atomic E-state index is 0.213. The van der Waals surface area contributed by atoms with Crippen molar-refractivity contribution in [1.29, 1.82) is 0 Å². The van der Waals surface area contributed by atoms with Gasteiger partial charge in [-0.3, -0.25) is 9.69 Å². The third-order valence-corrected chi connectivity index (χ3v) is 3.50. The quantitative estimate of drug-likeness (QED) is 0.829. The number of aliphatic carboxylic acids is 1. The van der Waals surface area contributed by atoms with Crippen LogP contribution in [0.25, 0.3) is 0 Å². The Bertz CT molecular complexity index is 432. The maximum Gasteiger partial charge on any atom is 0.303 e. The second-order valence-electron chi connectivity index (χ2n) is 5.16. The Balaban J connectivity index is 2.64. The molecule has 0 saturated carbocycles. The van der Waals surface area contributed by atoms with E-state index in [0.717, 1.165) is 29.2 Å². The van der Waals surface area contributed by atoms with Gasteiger partial charge in [-0.2, -0.15) is 0 Å². The molecule has 0 aliphatic carbocycles. The molecule has 0 heterocycles. The summed E-state index contributed by atoms with van der Waals surface area (Å²) < 4.78 is 0. The minimum atomic E-state index is -0.739. The van der Waals surface area contributed by atoms with Crippen LogP contribution in [0, 0.1) is 6.92 Å². The van der Waals surface area contributed by atoms with E-state index in [2.05, 4.69) is 24.8 Å². The van der Waals surface area contributed by atoms with Crippen molar-refractivity contribution in [1.82, 2.24) is 4.90 Å². The molecule has 19 heavy (non-hydrogen) atoms. The number of hydrogen-bond acceptors (Lipinski definition) is 2. The number of nitrogens with zero attached hydrogens (tertiary/aromatic N) is 1. The summed E-state index contributed by atoms with van der Waals surface area (Å²) in [6, 6.07) is 6.43. The number of carboxylic acid groups (broad SMARTS) is 1. The Kier molecular flexibility index (Phi) is 6.32. The molecule has 0 fully saturated rings. The molecule has 0 radical (unpaired) electrons. The van der Waals surface area contributed by atoms with E-state index in [9.17, 15) is 4.79 Å². The van der Waals surface area contributed by atoms with Gasteiger partial charge in [-0.1, -0.05) is 23.7 Å². The molecule has 0 aliphatic heterocycles. The van der Waals surface area contributed by atoms with Crippen LogP contribution in [0.4, 0.5) is 0 Å². The Morgan fingerprint density at radius 2 is 2.11 bits per heavy atom. The Labute approximate surface area is 120 Å². The van der Waals surface area contributed by atoms with Gasteiger partial charge in [-0.15, -0.1) is 0 Å². The first-order valence-corrected chi connectivity index (χ1v) is 6.99. The number of carbonyl (C=O) groups is 1. The number of benzene rings is 1. The van der Waals surface area contributed by atoms with Crippen molar-refractivity contribution in [2.24, 2.45) is 0 Å². The molecule has 1 aromatic carbocycles. The zero-order chi connectivity index (χ0) is 14.4. The van der Waals surface area contributed by atoms with Crippen molar-refractivity contribution in [2.45, 2.75) is 46.2 Å². The first-order chi connectivity index (χ1) is 8.90. The zero-order valence-electron chi connectivity index (χ0n) is 11.8. The molecular weight excluding hydrogens is 262 g/mol. The molecule has 3 nitrogen and oxygen atoms in total. The largest absolute Gasteiger partial charge is 0.481 e. The van der Waals surface area contributed by atoms with Gasteiger partial charge in [0.25, 0.3) is 0 Å². The number of halogens is 1. The van der Waals surface area contributed by atoms with Gasteiger partial charge in [0.15, 0.2) is 0 Å². The topological polar surface area (TPSA) is 40.5 Å². The van der Waals surface area contributed by atoms with Crippen molar-refractivity contribution in [3.8, 4) is 0 Å². The molecule has 0 aromatic heterocycles. The summed E-state index contributed by atoms with van der Waals surface area (Å²) >= 11 is 6.24. The first-order valence-electron chi connectivity index (χ1n) is 6.61. The van der Waals surface area contributed by atoms with Crippen molar-refractivity contribution in [3.05, 3.63) is 34.3 Å². The molecule has 0 saturated heterocycles. The molecule has 1 rings (SSSR count). The Morgan fingerprint density at radius 1 is 1.42 bits per heavy atom. The van der Waals surface area contributed by atoms with Crippen molar-refractivity contribution in [2.75, 3.05) is 6.54 Å². The summed E-state index contributed by atoms with van der Waals surface area (Å²) in [4.78, 5) is 12.8. The lowest BCUT2D eigenvalue weighted by atomic mass is 10.1. The lowest BCUT2D eigenvalue weighted by Gasteiger charge is -2.26. The van der Waals surface area contributed by atoms with Crippen LogP contribution in [0.5, 0.6) is 0 Å². The monoisotopic (exact) mass is 283 g/mol. The number of carboxylic acids is 1. The molecule has 0 atom stereocenters. The molecule has 106 valence electrons. The molecule has 0 spiro atoms. The molecular formula is C15H22ClNO2. The summed E-state index contributed by atoms with van der Waals surface area (Å²) in [5, 5.41) is 9.47. The summed E-state index contributed by atoms with van der Waals surface area (Å²) in [5.74, 6) is -0.739. The van der Waals surface area contributed by atoms with Crippen LogP contribution < -0.4 is 0 Å². The van der Waals surface area contributed by atoms with Gasteiger partial charge in [-0.05, 0) is 50.9 Å². The summed E-state index contributed by atoms with van der Waals surface area (Å²) in [6.07, 6.45) is 0.877. The number of hydrogen-bond donors (Lipinski definition) is 1. The highest BCUT2D eigenvalue weighted by Gasteiger charge is 2.12. The summed E-state index contributed by atoms with van der Waals surface area (Å²) in [7, 11) is 0. The SMILES string of the molecule is Cc1ccc(CN(CCCC(=O)O)C(C)C)c(Cl)c1. The first kappa shape index (κ1) is 16.0. The second-order valence-corrected chi connectivity index (χ2v) is 5.56. The normalized spacial score (nSPS) is 11.3. The van der Waals surface area contributed by atoms with Crippen LogP contribution in [0.15, 0.2) is 18.2 Å². The van der Waals surface area contributed by atoms with E-state index in [4.69, 9.17) is 16.7 Å². The highest BCUT2D eigenvalue weighted by molar-refractivity contribution is 6.31. The number of aryl methyl sites for hydroxylation is 1. The predicted octanol–water partition coefficient (Wildman–Crippen LogP) is 3.72. The van der Waals surface area contributed by atoms with Gasteiger partial charge in [0.2, 0.25) is 0 Å². The van der Waals surface area contributed by atoms with Crippen molar-refractivity contribution < 1.29 is 9.90 Å². The lowest BCUT2D eigenvalue weighted by Crippen LogP contribution is -2.31. The molecule has 0 amide bonds. The van der Waals surface area contributed by atoms with E-state index in [-0.39, 0.29) is 6.42 Å². The third-order valence-electron chi connectivity index (χ3n) is 3.15. The molecule has 1 aromatic rings. The van der Waals surface area contributed by atoms with Crippen molar-refractivity contribution in [3.63, 3.8) is 0 Å². The Hall–Kier alpha value is -1.06. The van der Waals surface area contributed by atoms with Gasteiger partial charge < -0.3 is 5.11 Å². The third kappa shape index (κ3) is 5.62. The van der Waals surface area contributed by atoms with E-state index in [0.29, 0.717) is 12.5 Å². The average molecular weight is 284 g/mol. The van der Waals surface area contributed by atoms with Crippen LogP contribution in [0.2, 0.25) is 5.02 Å². The van der Waals surface area contributed by atoms with Crippen LogP contribution >= 0.6 is 11.6 Å². The fourth-order valence-corrected chi connectivity index (χ4v) is 2.25. The van der Waals surface area contributed by atoms with E-state index in [1.54, 1.807) is 0 Å². The van der Waals surface area contributed by atoms with Gasteiger partial charge in [0.1, 0.15) is 0 Å². The highest BCUT2D eigenvalue weighted by atomic mass is 35.5. The van der Waals surface area contributed by atoms with Gasteiger partial charge in [0.05, 0.1) is 0 Å². The summed E-state index contributed by atoms with van der Waals surface area (Å²) in [5.41, 5.74) is 2.24. The van der Waals surface area contributed by atoms with Gasteiger partial charge in [-0.25, -0.2) is 0 Å². The van der Waals surface area contributed by atoms with Crippen LogP contribution in [-0.4, -0.2) is 28.6 Å². The van der Waals surface area contributed by atoms with E-state index < -0.39 is 5.97 Å². The maximum absolute atomic E-state index is 10.6.